The van der Waals surface area contributed by atoms with Crippen LogP contribution < -0.4 is 0 Å². The van der Waals surface area contributed by atoms with Gasteiger partial charge in [0, 0.05) is 6.54 Å². The molecule has 0 aromatic carbocycles. The predicted molar refractivity (Wildman–Crippen MR) is 38.1 cm³/mol. The zero-order valence-corrected chi connectivity index (χ0v) is 6.06. The lowest BCUT2D eigenvalue weighted by Crippen LogP contribution is -2.23. The van der Waals surface area contributed by atoms with E-state index in [0.29, 0.717) is 6.54 Å². The number of nitrogens with zero attached hydrogens (tertiary/aromatic N) is 1. The van der Waals surface area contributed by atoms with Gasteiger partial charge in [0.25, 0.3) is 0 Å². The summed E-state index contributed by atoms with van der Waals surface area (Å²) >= 11 is 4.38. The van der Waals surface area contributed by atoms with Crippen LogP contribution in [0.1, 0.15) is 6.92 Å². The summed E-state index contributed by atoms with van der Waals surface area (Å²) in [5.74, 6) is 0. The van der Waals surface area contributed by atoms with Crippen molar-refractivity contribution in [2.24, 2.45) is 0 Å². The molecule has 0 aliphatic rings. The van der Waals surface area contributed by atoms with Crippen LogP contribution in [0.2, 0.25) is 0 Å². The third-order valence-corrected chi connectivity index (χ3v) is 1.000. The highest BCUT2D eigenvalue weighted by atomic mass is 32.1. The minimum absolute atomic E-state index is 0.253. The van der Waals surface area contributed by atoms with Crippen LogP contribution >= 0.6 is 12.2 Å². The fraction of sp³-hybridized carbons (Fsp3) is 0.600. The summed E-state index contributed by atoms with van der Waals surface area (Å²) in [5.41, 5.74) is 1.14. The summed E-state index contributed by atoms with van der Waals surface area (Å²) in [6.45, 7) is 2.76. The molecule has 3 nitrogen and oxygen atoms in total. The molecule has 52 valence electrons. The van der Waals surface area contributed by atoms with E-state index in [0.717, 1.165) is 12.0 Å². The summed E-state index contributed by atoms with van der Waals surface area (Å²) in [6.07, 6.45) is 0.721. The molecule has 0 aliphatic carbocycles. The van der Waals surface area contributed by atoms with Crippen molar-refractivity contribution in [1.29, 1.82) is 0 Å². The average molecular weight is 147 g/mol. The lowest BCUT2D eigenvalue weighted by molar-refractivity contribution is -0.120. The molecule has 0 saturated heterocycles. The SMILES string of the molecule is CCN(C=O)COC=S. The van der Waals surface area contributed by atoms with Crippen molar-refractivity contribution in [2.75, 3.05) is 13.3 Å². The summed E-state index contributed by atoms with van der Waals surface area (Å²) < 4.78 is 4.66. The number of thiocarbonyl (C=S) groups is 1. The van der Waals surface area contributed by atoms with Gasteiger partial charge in [-0.25, -0.2) is 0 Å². The maximum Gasteiger partial charge on any atom is 0.212 e. The number of carbonyl (C=O) groups is 1. The maximum atomic E-state index is 10.0. The molecule has 9 heavy (non-hydrogen) atoms. The van der Waals surface area contributed by atoms with Crippen LogP contribution in [0, 0.1) is 0 Å². The van der Waals surface area contributed by atoms with Gasteiger partial charge in [-0.2, -0.15) is 0 Å². The van der Waals surface area contributed by atoms with Crippen LogP contribution in [0.4, 0.5) is 0 Å². The van der Waals surface area contributed by atoms with Gasteiger partial charge in [0.15, 0.2) is 6.73 Å². The highest BCUT2D eigenvalue weighted by Crippen LogP contribution is 1.80. The quantitative estimate of drug-likeness (QED) is 0.320. The fourth-order valence-electron chi connectivity index (χ4n) is 0.322. The molecule has 0 unspecified atom stereocenters. The molecule has 4 heteroatoms. The van der Waals surface area contributed by atoms with Gasteiger partial charge in [0.05, 0.1) is 0 Å². The molecular formula is C5H9NO2S. The highest BCUT2D eigenvalue weighted by Gasteiger charge is 1.93. The smallest absolute Gasteiger partial charge is 0.212 e. The van der Waals surface area contributed by atoms with Crippen LogP contribution in [0.5, 0.6) is 0 Å². The Hall–Kier alpha value is -0.640. The first-order chi connectivity index (χ1) is 4.35. The van der Waals surface area contributed by atoms with E-state index >= 15 is 0 Å². The van der Waals surface area contributed by atoms with Crippen LogP contribution in [0.15, 0.2) is 0 Å². The van der Waals surface area contributed by atoms with Crippen LogP contribution in [0.25, 0.3) is 0 Å². The molecule has 0 atom stereocenters. The fourth-order valence-corrected chi connectivity index (χ4v) is 0.383. The molecule has 0 aromatic rings. The first kappa shape index (κ1) is 8.36. The third kappa shape index (κ3) is 3.90. The molecule has 0 rings (SSSR count). The van der Waals surface area contributed by atoms with Gasteiger partial charge in [-0.3, -0.25) is 4.79 Å². The van der Waals surface area contributed by atoms with Crippen molar-refractivity contribution in [1.82, 2.24) is 4.90 Å². The molecule has 0 aliphatic heterocycles. The third-order valence-electron chi connectivity index (χ3n) is 0.864. The maximum absolute atomic E-state index is 10.0. The summed E-state index contributed by atoms with van der Waals surface area (Å²) in [5, 5.41) is 0. The molecule has 0 N–H and O–H groups in total. The van der Waals surface area contributed by atoms with E-state index in [1.807, 2.05) is 6.92 Å². The summed E-state index contributed by atoms with van der Waals surface area (Å²) in [4.78, 5) is 11.5. The Kier molecular flexibility index (Phi) is 5.11. The molecule has 0 aromatic heterocycles. The van der Waals surface area contributed by atoms with E-state index in [9.17, 15) is 4.79 Å². The van der Waals surface area contributed by atoms with E-state index in [4.69, 9.17) is 0 Å². The number of hydrogen-bond donors (Lipinski definition) is 0. The number of hydrogen-bond acceptors (Lipinski definition) is 3. The van der Waals surface area contributed by atoms with Crippen molar-refractivity contribution in [3.05, 3.63) is 0 Å². The first-order valence-electron chi connectivity index (χ1n) is 2.59. The first-order valence-corrected chi connectivity index (χ1v) is 3.06. The van der Waals surface area contributed by atoms with E-state index in [2.05, 4.69) is 17.0 Å². The average Bonchev–Trinajstić information content (AvgIpc) is 1.91. The van der Waals surface area contributed by atoms with Gasteiger partial charge >= 0.3 is 0 Å². The lowest BCUT2D eigenvalue weighted by Gasteiger charge is -2.11. The second-order valence-electron chi connectivity index (χ2n) is 1.40. The summed E-state index contributed by atoms with van der Waals surface area (Å²) in [6, 6.07) is 0. The Bertz CT molecular complexity index is 97.0. The van der Waals surface area contributed by atoms with Crippen molar-refractivity contribution >= 4 is 24.2 Å². The second kappa shape index (κ2) is 5.50. The van der Waals surface area contributed by atoms with Gasteiger partial charge < -0.3 is 9.64 Å². The van der Waals surface area contributed by atoms with Crippen LogP contribution in [-0.4, -0.2) is 30.1 Å². The lowest BCUT2D eigenvalue weighted by atomic mass is 10.7. The van der Waals surface area contributed by atoms with E-state index < -0.39 is 0 Å². The van der Waals surface area contributed by atoms with E-state index in [-0.39, 0.29) is 6.73 Å². The normalized spacial score (nSPS) is 8.11. The Morgan fingerprint density at radius 1 is 1.78 bits per heavy atom. The highest BCUT2D eigenvalue weighted by molar-refractivity contribution is 7.78. The topological polar surface area (TPSA) is 29.5 Å². The number of amides is 1. The number of rotatable bonds is 5. The predicted octanol–water partition coefficient (Wildman–Crippen LogP) is 0.396. The molecule has 0 fully saturated rings. The standard InChI is InChI=1S/C5H9NO2S/c1-2-6(3-7)4-8-5-9/h3,5H,2,4H2,1H3. The Labute approximate surface area is 59.6 Å². The summed E-state index contributed by atoms with van der Waals surface area (Å²) in [7, 11) is 0. The minimum Gasteiger partial charge on any atom is -0.469 e. The zero-order chi connectivity index (χ0) is 7.11. The van der Waals surface area contributed by atoms with E-state index in [1.165, 1.54) is 4.90 Å². The van der Waals surface area contributed by atoms with Crippen molar-refractivity contribution in [3.63, 3.8) is 0 Å². The van der Waals surface area contributed by atoms with Gasteiger partial charge in [-0.1, -0.05) is 0 Å². The molecule has 0 bridgehead atoms. The molecule has 0 saturated carbocycles. The molecule has 0 heterocycles. The zero-order valence-electron chi connectivity index (χ0n) is 5.24. The van der Waals surface area contributed by atoms with Gasteiger partial charge in [0.1, 0.15) is 5.55 Å². The van der Waals surface area contributed by atoms with Crippen molar-refractivity contribution < 1.29 is 9.53 Å². The van der Waals surface area contributed by atoms with Crippen LogP contribution in [-0.2, 0) is 9.53 Å². The Morgan fingerprint density at radius 2 is 2.44 bits per heavy atom. The Balaban J connectivity index is 3.30. The monoisotopic (exact) mass is 147 g/mol. The molecule has 1 amide bonds. The number of carbonyl (C=O) groups excluding carboxylic acids is 1. The van der Waals surface area contributed by atoms with E-state index in [1.54, 1.807) is 0 Å². The Morgan fingerprint density at radius 3 is 2.78 bits per heavy atom. The number of ether oxygens (including phenoxy) is 1. The van der Waals surface area contributed by atoms with Crippen molar-refractivity contribution in [2.45, 2.75) is 6.92 Å². The largest absolute Gasteiger partial charge is 0.469 e. The minimum atomic E-state index is 0.253. The second-order valence-corrected chi connectivity index (χ2v) is 1.59. The van der Waals surface area contributed by atoms with Crippen LogP contribution in [0.3, 0.4) is 0 Å². The molecular weight excluding hydrogens is 138 g/mol. The molecule has 0 spiro atoms. The van der Waals surface area contributed by atoms with Crippen molar-refractivity contribution in [3.8, 4) is 0 Å². The van der Waals surface area contributed by atoms with Gasteiger partial charge in [-0.05, 0) is 19.1 Å². The molecule has 0 radical (unpaired) electrons. The van der Waals surface area contributed by atoms with Gasteiger partial charge in [0.2, 0.25) is 6.41 Å². The van der Waals surface area contributed by atoms with Gasteiger partial charge in [-0.15, -0.1) is 0 Å².